The number of hydrogen-bond acceptors (Lipinski definition) is 3. The van der Waals surface area contributed by atoms with E-state index in [4.69, 9.17) is 5.73 Å². The highest BCUT2D eigenvalue weighted by Crippen LogP contribution is 2.22. The number of aliphatic hydroxyl groups excluding tert-OH is 1. The molecule has 1 aliphatic carbocycles. The molecule has 0 aliphatic heterocycles. The lowest BCUT2D eigenvalue weighted by molar-refractivity contribution is -0.130. The fraction of sp³-hybridized carbons (Fsp3) is 0.923. The molecule has 2 atom stereocenters. The van der Waals surface area contributed by atoms with Gasteiger partial charge in [0, 0.05) is 12.6 Å². The van der Waals surface area contributed by atoms with Crippen molar-refractivity contribution in [2.24, 2.45) is 11.7 Å². The summed E-state index contributed by atoms with van der Waals surface area (Å²) in [5.74, 6) is 0.277. The summed E-state index contributed by atoms with van der Waals surface area (Å²) < 4.78 is 0. The van der Waals surface area contributed by atoms with E-state index in [1.807, 2.05) is 6.92 Å². The lowest BCUT2D eigenvalue weighted by Crippen LogP contribution is -2.47. The van der Waals surface area contributed by atoms with Gasteiger partial charge in [-0.3, -0.25) is 4.79 Å². The number of carbonyl (C=O) groups excluding carboxylic acids is 1. The predicted molar refractivity (Wildman–Crippen MR) is 68.5 cm³/mol. The minimum absolute atomic E-state index is 0.309. The standard InChI is InChI=1S/C13H26N2O2/c1-2-6-11(14)12(16)13(17)15-9-10-7-4-3-5-8-10/h10-12,16H,2-9,14H2,1H3,(H,15,17). The summed E-state index contributed by atoms with van der Waals surface area (Å²) in [5.41, 5.74) is 5.73. The third kappa shape index (κ3) is 5.04. The number of hydrogen-bond donors (Lipinski definition) is 3. The third-order valence-electron chi connectivity index (χ3n) is 3.59. The molecule has 1 rings (SSSR count). The van der Waals surface area contributed by atoms with Crippen molar-refractivity contribution in [2.75, 3.05) is 6.54 Å². The van der Waals surface area contributed by atoms with Gasteiger partial charge in [-0.15, -0.1) is 0 Å². The van der Waals surface area contributed by atoms with Gasteiger partial charge in [-0.1, -0.05) is 32.6 Å². The van der Waals surface area contributed by atoms with Crippen molar-refractivity contribution in [2.45, 2.75) is 64.0 Å². The van der Waals surface area contributed by atoms with Gasteiger partial charge < -0.3 is 16.2 Å². The summed E-state index contributed by atoms with van der Waals surface area (Å²) in [4.78, 5) is 11.7. The molecule has 0 spiro atoms. The lowest BCUT2D eigenvalue weighted by Gasteiger charge is -2.23. The highest BCUT2D eigenvalue weighted by Gasteiger charge is 2.23. The molecule has 4 N–H and O–H groups in total. The normalized spacial score (nSPS) is 20.9. The molecular weight excluding hydrogens is 216 g/mol. The van der Waals surface area contributed by atoms with Crippen LogP contribution in [0.15, 0.2) is 0 Å². The summed E-state index contributed by atoms with van der Waals surface area (Å²) in [6, 6.07) is -0.439. The zero-order valence-electron chi connectivity index (χ0n) is 10.8. The SMILES string of the molecule is CCCC(N)C(O)C(=O)NCC1CCCCC1. The highest BCUT2D eigenvalue weighted by atomic mass is 16.3. The Morgan fingerprint density at radius 2 is 2.06 bits per heavy atom. The van der Waals surface area contributed by atoms with Crippen LogP contribution in [0.1, 0.15) is 51.9 Å². The van der Waals surface area contributed by atoms with E-state index < -0.39 is 12.1 Å². The van der Waals surface area contributed by atoms with E-state index in [2.05, 4.69) is 5.32 Å². The van der Waals surface area contributed by atoms with Gasteiger partial charge in [0.1, 0.15) is 6.10 Å². The quantitative estimate of drug-likeness (QED) is 0.654. The van der Waals surface area contributed by atoms with Crippen molar-refractivity contribution >= 4 is 5.91 Å². The molecule has 100 valence electrons. The van der Waals surface area contributed by atoms with Gasteiger partial charge in [0.25, 0.3) is 0 Å². The Labute approximate surface area is 104 Å². The molecular formula is C13H26N2O2. The summed E-state index contributed by atoms with van der Waals surface area (Å²) in [6.45, 7) is 2.68. The second-order valence-corrected chi connectivity index (χ2v) is 5.15. The van der Waals surface area contributed by atoms with Crippen LogP contribution in [0.2, 0.25) is 0 Å². The second-order valence-electron chi connectivity index (χ2n) is 5.15. The zero-order valence-corrected chi connectivity index (χ0v) is 10.8. The predicted octanol–water partition coefficient (Wildman–Crippen LogP) is 1.17. The average Bonchev–Trinajstić information content (AvgIpc) is 2.36. The first-order valence-electron chi connectivity index (χ1n) is 6.86. The molecule has 1 amide bonds. The Morgan fingerprint density at radius 3 is 2.65 bits per heavy atom. The molecule has 0 radical (unpaired) electrons. The van der Waals surface area contributed by atoms with Crippen LogP contribution in [0.25, 0.3) is 0 Å². The Hall–Kier alpha value is -0.610. The summed E-state index contributed by atoms with van der Waals surface area (Å²) in [7, 11) is 0. The largest absolute Gasteiger partial charge is 0.382 e. The van der Waals surface area contributed by atoms with Gasteiger partial charge in [-0.2, -0.15) is 0 Å². The second kappa shape index (κ2) is 7.67. The monoisotopic (exact) mass is 242 g/mol. The van der Waals surface area contributed by atoms with Crippen LogP contribution in [0.4, 0.5) is 0 Å². The number of rotatable bonds is 6. The molecule has 1 saturated carbocycles. The fourth-order valence-electron chi connectivity index (χ4n) is 2.43. The van der Waals surface area contributed by atoms with Crippen LogP contribution in [0.5, 0.6) is 0 Å². The topological polar surface area (TPSA) is 75.3 Å². The van der Waals surface area contributed by atoms with Gasteiger partial charge in [0.2, 0.25) is 5.91 Å². The van der Waals surface area contributed by atoms with Crippen molar-refractivity contribution in [3.8, 4) is 0 Å². The number of nitrogens with one attached hydrogen (secondary N) is 1. The van der Waals surface area contributed by atoms with Crippen LogP contribution in [-0.4, -0.2) is 29.7 Å². The third-order valence-corrected chi connectivity index (χ3v) is 3.59. The van der Waals surface area contributed by atoms with Crippen LogP contribution in [0, 0.1) is 5.92 Å². The van der Waals surface area contributed by atoms with Crippen LogP contribution >= 0.6 is 0 Å². The molecule has 2 unspecified atom stereocenters. The Kier molecular flexibility index (Phi) is 6.52. The summed E-state index contributed by atoms with van der Waals surface area (Å²) in [6.07, 6.45) is 6.73. The van der Waals surface area contributed by atoms with Crippen molar-refractivity contribution < 1.29 is 9.90 Å². The Bertz CT molecular complexity index is 227. The molecule has 1 aliphatic rings. The summed E-state index contributed by atoms with van der Waals surface area (Å²) in [5, 5.41) is 12.5. The number of amides is 1. The van der Waals surface area contributed by atoms with Gasteiger partial charge in [-0.25, -0.2) is 0 Å². The minimum atomic E-state index is -1.06. The van der Waals surface area contributed by atoms with E-state index in [-0.39, 0.29) is 5.91 Å². The molecule has 0 heterocycles. The molecule has 0 aromatic rings. The van der Waals surface area contributed by atoms with Gasteiger partial charge in [0.05, 0.1) is 0 Å². The van der Waals surface area contributed by atoms with Gasteiger partial charge in [-0.05, 0) is 25.2 Å². The first kappa shape index (κ1) is 14.5. The number of nitrogens with two attached hydrogens (primary N) is 1. The van der Waals surface area contributed by atoms with Crippen LogP contribution < -0.4 is 11.1 Å². The Morgan fingerprint density at radius 1 is 1.41 bits per heavy atom. The molecule has 0 bridgehead atoms. The molecule has 0 aromatic heterocycles. The number of aliphatic hydroxyl groups is 1. The minimum Gasteiger partial charge on any atom is -0.382 e. The van der Waals surface area contributed by atoms with Crippen LogP contribution in [0.3, 0.4) is 0 Å². The first-order valence-corrected chi connectivity index (χ1v) is 6.86. The lowest BCUT2D eigenvalue weighted by atomic mass is 9.89. The Balaban J connectivity index is 2.23. The molecule has 0 saturated heterocycles. The smallest absolute Gasteiger partial charge is 0.250 e. The summed E-state index contributed by atoms with van der Waals surface area (Å²) >= 11 is 0. The zero-order chi connectivity index (χ0) is 12.7. The van der Waals surface area contributed by atoms with E-state index in [0.717, 1.165) is 6.42 Å². The fourth-order valence-corrected chi connectivity index (χ4v) is 2.43. The van der Waals surface area contributed by atoms with Crippen molar-refractivity contribution in [1.82, 2.24) is 5.32 Å². The van der Waals surface area contributed by atoms with Crippen molar-refractivity contribution in [3.05, 3.63) is 0 Å². The first-order chi connectivity index (χ1) is 8.15. The number of carbonyl (C=O) groups is 1. The van der Waals surface area contributed by atoms with Crippen molar-refractivity contribution in [3.63, 3.8) is 0 Å². The molecule has 4 heteroatoms. The van der Waals surface area contributed by atoms with E-state index in [1.165, 1.54) is 32.1 Å². The van der Waals surface area contributed by atoms with E-state index >= 15 is 0 Å². The van der Waals surface area contributed by atoms with E-state index in [1.54, 1.807) is 0 Å². The molecule has 0 aromatic carbocycles. The van der Waals surface area contributed by atoms with Crippen molar-refractivity contribution in [1.29, 1.82) is 0 Å². The maximum absolute atomic E-state index is 11.7. The van der Waals surface area contributed by atoms with E-state index in [9.17, 15) is 9.90 Å². The van der Waals surface area contributed by atoms with Gasteiger partial charge >= 0.3 is 0 Å². The highest BCUT2D eigenvalue weighted by molar-refractivity contribution is 5.81. The van der Waals surface area contributed by atoms with E-state index in [0.29, 0.717) is 18.9 Å². The maximum Gasteiger partial charge on any atom is 0.250 e. The van der Waals surface area contributed by atoms with Crippen LogP contribution in [-0.2, 0) is 4.79 Å². The molecule has 17 heavy (non-hydrogen) atoms. The average molecular weight is 242 g/mol. The molecule has 1 fully saturated rings. The maximum atomic E-state index is 11.7. The van der Waals surface area contributed by atoms with Gasteiger partial charge in [0.15, 0.2) is 0 Å². The molecule has 4 nitrogen and oxygen atoms in total.